The van der Waals surface area contributed by atoms with Crippen LogP contribution in [0.15, 0.2) is 121 Å². The highest BCUT2D eigenvalue weighted by atomic mass is 31.2. The second-order valence-electron chi connectivity index (χ2n) is 9.18. The topological polar surface area (TPSA) is 71.1 Å². The molecule has 0 aromatic heterocycles. The maximum Gasteiger partial charge on any atom is 0.463 e. The lowest BCUT2D eigenvalue weighted by Crippen LogP contribution is -2.33. The normalized spacial score (nSPS) is 26.2. The van der Waals surface area contributed by atoms with Crippen LogP contribution in [-0.2, 0) is 13.7 Å². The second kappa shape index (κ2) is 8.89. The second-order valence-corrected chi connectivity index (χ2v) is 12.9. The van der Waals surface area contributed by atoms with Crippen LogP contribution >= 0.6 is 15.2 Å². The summed E-state index contributed by atoms with van der Waals surface area (Å²) in [6.07, 6.45) is 7.37. The molecule has 38 heavy (non-hydrogen) atoms. The minimum atomic E-state index is -3.78. The summed E-state index contributed by atoms with van der Waals surface area (Å²) >= 11 is 0. The molecule has 4 aromatic carbocycles. The van der Waals surface area contributed by atoms with Gasteiger partial charge < -0.3 is 13.6 Å². The number of hydrogen-bond acceptors (Lipinski definition) is 6. The molecule has 0 amide bonds. The first-order valence-electron chi connectivity index (χ1n) is 12.2. The van der Waals surface area contributed by atoms with Crippen LogP contribution in [-0.4, -0.2) is 6.10 Å². The fourth-order valence-corrected chi connectivity index (χ4v) is 8.87. The quantitative estimate of drug-likeness (QED) is 0.256. The number of fused-ring (bicyclic) bond motifs is 6. The van der Waals surface area contributed by atoms with Gasteiger partial charge in [-0.1, -0.05) is 85.0 Å². The highest BCUT2D eigenvalue weighted by Crippen LogP contribution is 2.57. The van der Waals surface area contributed by atoms with E-state index in [1.54, 1.807) is 48.5 Å². The lowest BCUT2D eigenvalue weighted by molar-refractivity contribution is 0.201. The van der Waals surface area contributed by atoms with Gasteiger partial charge in [0.15, 0.2) is 0 Å². The van der Waals surface area contributed by atoms with Crippen molar-refractivity contribution >= 4 is 25.8 Å². The molecule has 0 saturated carbocycles. The van der Waals surface area contributed by atoms with E-state index in [0.717, 1.165) is 16.7 Å². The average molecular weight is 540 g/mol. The summed E-state index contributed by atoms with van der Waals surface area (Å²) < 4.78 is 52.4. The Labute approximate surface area is 220 Å². The number of rotatable bonds is 4. The van der Waals surface area contributed by atoms with Crippen molar-refractivity contribution in [2.24, 2.45) is 0 Å². The van der Waals surface area contributed by atoms with Crippen molar-refractivity contribution in [3.8, 4) is 28.4 Å². The van der Waals surface area contributed by atoms with E-state index in [-0.39, 0.29) is 17.4 Å². The standard InChI is InChI=1S/C30H22O6P2/c31-37(29-18-7-3-14-25(29)23-12-1-5-16-27(23)35-37)33-21-10-9-11-22(20-21)34-38(32)30-19-8-4-15-26(30)24-13-2-6-17-28(24)36-38/h1-20,23,27H. The van der Waals surface area contributed by atoms with Gasteiger partial charge in [-0.2, -0.15) is 0 Å². The van der Waals surface area contributed by atoms with Crippen molar-refractivity contribution in [2.75, 3.05) is 0 Å². The fourth-order valence-electron chi connectivity index (χ4n) is 5.10. The first kappa shape index (κ1) is 23.3. The summed E-state index contributed by atoms with van der Waals surface area (Å²) in [5.74, 6) is 0.984. The summed E-state index contributed by atoms with van der Waals surface area (Å²) in [5.41, 5.74) is 2.56. The van der Waals surface area contributed by atoms with E-state index in [9.17, 15) is 9.13 Å². The zero-order chi connectivity index (χ0) is 25.7. The molecule has 0 spiro atoms. The first-order chi connectivity index (χ1) is 18.5. The summed E-state index contributed by atoms with van der Waals surface area (Å²) in [6, 6.07) is 28.8. The molecule has 3 aliphatic rings. The minimum Gasteiger partial charge on any atom is -0.421 e. The third kappa shape index (κ3) is 3.85. The van der Waals surface area contributed by atoms with Gasteiger partial charge in [0, 0.05) is 23.1 Å². The lowest BCUT2D eigenvalue weighted by Gasteiger charge is -2.35. The molecule has 7 rings (SSSR count). The number of allylic oxidation sites excluding steroid dienone is 2. The Morgan fingerprint density at radius 3 is 2.13 bits per heavy atom. The van der Waals surface area contributed by atoms with Crippen LogP contribution in [0, 0.1) is 0 Å². The Morgan fingerprint density at radius 1 is 0.632 bits per heavy atom. The molecule has 4 unspecified atom stereocenters. The molecule has 0 N–H and O–H groups in total. The van der Waals surface area contributed by atoms with Gasteiger partial charge >= 0.3 is 15.2 Å². The molecule has 0 radical (unpaired) electrons. The Bertz CT molecular complexity index is 1730. The Morgan fingerprint density at radius 2 is 1.29 bits per heavy atom. The van der Waals surface area contributed by atoms with Crippen LogP contribution in [0.25, 0.3) is 11.1 Å². The van der Waals surface area contributed by atoms with Crippen molar-refractivity contribution in [3.63, 3.8) is 0 Å². The summed E-state index contributed by atoms with van der Waals surface area (Å²) in [7, 11) is -7.51. The molecule has 2 heterocycles. The molecule has 6 nitrogen and oxygen atoms in total. The molecular weight excluding hydrogens is 518 g/mol. The lowest BCUT2D eigenvalue weighted by atomic mass is 9.90. The predicted octanol–water partition coefficient (Wildman–Crippen LogP) is 7.15. The zero-order valence-electron chi connectivity index (χ0n) is 20.0. The third-order valence-electron chi connectivity index (χ3n) is 6.79. The zero-order valence-corrected chi connectivity index (χ0v) is 21.8. The van der Waals surface area contributed by atoms with Crippen LogP contribution in [0.5, 0.6) is 17.2 Å². The summed E-state index contributed by atoms with van der Waals surface area (Å²) in [5, 5.41) is 1.01. The molecule has 188 valence electrons. The molecule has 0 bridgehead atoms. The Hall–Kier alpha value is -3.82. The van der Waals surface area contributed by atoms with Gasteiger partial charge in [-0.25, -0.2) is 9.13 Å². The molecular formula is C30H22O6P2. The van der Waals surface area contributed by atoms with Crippen LogP contribution in [0.1, 0.15) is 11.5 Å². The van der Waals surface area contributed by atoms with Crippen LogP contribution < -0.4 is 24.2 Å². The van der Waals surface area contributed by atoms with Crippen molar-refractivity contribution < 1.29 is 27.2 Å². The van der Waals surface area contributed by atoms with E-state index >= 15 is 0 Å². The highest BCUT2D eigenvalue weighted by molar-refractivity contribution is 7.63. The van der Waals surface area contributed by atoms with E-state index in [1.165, 1.54) is 0 Å². The molecule has 2 aliphatic heterocycles. The van der Waals surface area contributed by atoms with Gasteiger partial charge in [-0.3, -0.25) is 4.52 Å². The summed E-state index contributed by atoms with van der Waals surface area (Å²) in [6.45, 7) is 0. The van der Waals surface area contributed by atoms with Crippen LogP contribution in [0.2, 0.25) is 0 Å². The van der Waals surface area contributed by atoms with Gasteiger partial charge in [0.1, 0.15) is 17.2 Å². The number of benzene rings is 4. The van der Waals surface area contributed by atoms with Gasteiger partial charge in [-0.15, -0.1) is 0 Å². The van der Waals surface area contributed by atoms with E-state index in [0.29, 0.717) is 16.4 Å². The van der Waals surface area contributed by atoms with Crippen molar-refractivity contribution in [1.82, 2.24) is 0 Å². The van der Waals surface area contributed by atoms with Gasteiger partial charge in [0.05, 0.1) is 16.7 Å². The van der Waals surface area contributed by atoms with Crippen LogP contribution in [0.3, 0.4) is 0 Å². The van der Waals surface area contributed by atoms with Gasteiger partial charge in [0.2, 0.25) is 0 Å². The predicted molar refractivity (Wildman–Crippen MR) is 147 cm³/mol. The van der Waals surface area contributed by atoms with Crippen LogP contribution in [0.4, 0.5) is 0 Å². The smallest absolute Gasteiger partial charge is 0.421 e. The molecule has 8 heteroatoms. The largest absolute Gasteiger partial charge is 0.463 e. The van der Waals surface area contributed by atoms with E-state index in [4.69, 9.17) is 18.1 Å². The molecule has 1 aliphatic carbocycles. The average Bonchev–Trinajstić information content (AvgIpc) is 2.93. The first-order valence-corrected chi connectivity index (χ1v) is 15.3. The van der Waals surface area contributed by atoms with Gasteiger partial charge in [0.25, 0.3) is 0 Å². The van der Waals surface area contributed by atoms with Crippen molar-refractivity contribution in [2.45, 2.75) is 12.0 Å². The van der Waals surface area contributed by atoms with E-state index in [2.05, 4.69) is 0 Å². The summed E-state index contributed by atoms with van der Waals surface area (Å²) in [4.78, 5) is 0. The maximum atomic E-state index is 14.1. The molecule has 4 aromatic rings. The molecule has 4 atom stereocenters. The van der Waals surface area contributed by atoms with Gasteiger partial charge in [-0.05, 0) is 35.9 Å². The number of hydrogen-bond donors (Lipinski definition) is 0. The SMILES string of the molecule is O=P1(Oc2cccc(OP3(=O)OC4C=CC=CC4c4ccccc43)c2)Oc2ccccc2-c2ccccc21. The van der Waals surface area contributed by atoms with Crippen molar-refractivity contribution in [3.05, 3.63) is 127 Å². The third-order valence-corrected chi connectivity index (χ3v) is 10.6. The Kier molecular flexibility index (Phi) is 5.45. The van der Waals surface area contributed by atoms with E-state index in [1.807, 2.05) is 72.8 Å². The van der Waals surface area contributed by atoms with Crippen molar-refractivity contribution in [1.29, 1.82) is 0 Å². The molecule has 0 saturated heterocycles. The monoisotopic (exact) mass is 540 g/mol. The maximum absolute atomic E-state index is 14.1. The molecule has 0 fully saturated rings. The van der Waals surface area contributed by atoms with E-state index < -0.39 is 21.3 Å². The minimum absolute atomic E-state index is 0.0342. The fraction of sp³-hybridized carbons (Fsp3) is 0.0667. The number of para-hydroxylation sites is 1. The highest BCUT2D eigenvalue weighted by Gasteiger charge is 2.44. The Balaban J connectivity index is 1.22.